The molecule has 0 bridgehead atoms. The van der Waals surface area contributed by atoms with Gasteiger partial charge in [0.15, 0.2) is 23.9 Å². The van der Waals surface area contributed by atoms with Gasteiger partial charge in [-0.05, 0) is 24.3 Å². The van der Waals surface area contributed by atoms with Crippen LogP contribution in [0, 0.1) is 0 Å². The fourth-order valence-corrected chi connectivity index (χ4v) is 3.19. The minimum absolute atomic E-state index is 0.119. The number of anilines is 1. The van der Waals surface area contributed by atoms with E-state index >= 15 is 0 Å². The molecule has 1 heterocycles. The minimum Gasteiger partial charge on any atom is -0.451 e. The Labute approximate surface area is 175 Å². The highest BCUT2D eigenvalue weighted by molar-refractivity contribution is 6.28. The van der Waals surface area contributed by atoms with E-state index in [1.54, 1.807) is 24.3 Å². The average Bonchev–Trinajstić information content (AvgIpc) is 2.77. The number of benzene rings is 2. The summed E-state index contributed by atoms with van der Waals surface area (Å²) in [5.41, 5.74) is 0.865. The third-order valence-electron chi connectivity index (χ3n) is 4.71. The Morgan fingerprint density at radius 3 is 2.23 bits per heavy atom. The fourth-order valence-electron chi connectivity index (χ4n) is 3.19. The van der Waals surface area contributed by atoms with Crippen molar-refractivity contribution in [2.45, 2.75) is 0 Å². The van der Waals surface area contributed by atoms with Crippen LogP contribution in [0.15, 0.2) is 59.4 Å². The summed E-state index contributed by atoms with van der Waals surface area (Å²) < 4.78 is 5.88. The number of hydrogen-bond acceptors (Lipinski definition) is 7. The largest absolute Gasteiger partial charge is 0.451 e. The first-order chi connectivity index (χ1) is 14.8. The van der Waals surface area contributed by atoms with Gasteiger partial charge in [-0.1, -0.05) is 24.3 Å². The number of nitrogens with one attached hydrogen (secondary N) is 1. The molecule has 2 aromatic carbocycles. The van der Waals surface area contributed by atoms with Gasteiger partial charge < -0.3 is 10.1 Å². The predicted octanol–water partition coefficient (Wildman–Crippen LogP) is 1.35. The number of rotatable bonds is 4. The molecule has 0 fully saturated rings. The summed E-state index contributed by atoms with van der Waals surface area (Å²) in [7, 11) is 1.38. The molecule has 1 aliphatic rings. The van der Waals surface area contributed by atoms with Gasteiger partial charge >= 0.3 is 5.97 Å². The lowest BCUT2D eigenvalue weighted by molar-refractivity contribution is -0.119. The molecular formula is C22H15N3O6. The second kappa shape index (κ2) is 7.79. The maximum atomic E-state index is 12.7. The number of carbonyl (C=O) groups excluding carboxylic acids is 4. The van der Waals surface area contributed by atoms with Gasteiger partial charge in [-0.3, -0.25) is 19.2 Å². The number of nitrogens with zero attached hydrogens (tertiary/aromatic N) is 2. The van der Waals surface area contributed by atoms with Gasteiger partial charge in [-0.25, -0.2) is 9.48 Å². The number of esters is 1. The molecule has 9 heteroatoms. The Morgan fingerprint density at radius 2 is 1.55 bits per heavy atom. The van der Waals surface area contributed by atoms with Crippen LogP contribution in [0.2, 0.25) is 0 Å². The van der Waals surface area contributed by atoms with Crippen LogP contribution in [0.5, 0.6) is 0 Å². The van der Waals surface area contributed by atoms with Crippen LogP contribution in [-0.2, 0) is 16.6 Å². The van der Waals surface area contributed by atoms with Crippen LogP contribution in [0.3, 0.4) is 0 Å². The lowest BCUT2D eigenvalue weighted by Crippen LogP contribution is -2.25. The van der Waals surface area contributed by atoms with Crippen LogP contribution in [-0.4, -0.2) is 39.8 Å². The molecule has 0 atom stereocenters. The summed E-state index contributed by atoms with van der Waals surface area (Å²) >= 11 is 0. The number of aryl methyl sites for hydroxylation is 1. The Hall–Kier alpha value is -4.40. The van der Waals surface area contributed by atoms with Gasteiger partial charge in [0.25, 0.3) is 11.5 Å². The maximum Gasteiger partial charge on any atom is 0.359 e. The van der Waals surface area contributed by atoms with E-state index in [9.17, 15) is 24.0 Å². The van der Waals surface area contributed by atoms with Crippen LogP contribution in [0.4, 0.5) is 5.69 Å². The van der Waals surface area contributed by atoms with Crippen molar-refractivity contribution >= 4 is 29.1 Å². The maximum absolute atomic E-state index is 12.7. The normalized spacial score (nSPS) is 12.0. The number of amides is 1. The van der Waals surface area contributed by atoms with Crippen LogP contribution in [0.25, 0.3) is 0 Å². The summed E-state index contributed by atoms with van der Waals surface area (Å²) in [4.78, 5) is 60.8. The van der Waals surface area contributed by atoms with E-state index in [0.717, 1.165) is 10.7 Å². The number of aromatic nitrogens is 2. The lowest BCUT2D eigenvalue weighted by atomic mass is 9.84. The summed E-state index contributed by atoms with van der Waals surface area (Å²) in [6.45, 7) is -0.601. The zero-order valence-corrected chi connectivity index (χ0v) is 16.2. The molecule has 3 aromatic rings. The Morgan fingerprint density at radius 1 is 0.903 bits per heavy atom. The van der Waals surface area contributed by atoms with E-state index in [1.807, 2.05) is 0 Å². The zero-order valence-electron chi connectivity index (χ0n) is 16.2. The van der Waals surface area contributed by atoms with E-state index in [-0.39, 0.29) is 34.1 Å². The molecule has 0 radical (unpaired) electrons. The summed E-state index contributed by atoms with van der Waals surface area (Å²) in [5.74, 6) is -2.09. The van der Waals surface area contributed by atoms with Crippen molar-refractivity contribution in [3.05, 3.63) is 92.9 Å². The molecule has 4 rings (SSSR count). The molecule has 0 spiro atoms. The highest BCUT2D eigenvalue weighted by atomic mass is 16.5. The third-order valence-corrected chi connectivity index (χ3v) is 4.71. The van der Waals surface area contributed by atoms with Crippen molar-refractivity contribution in [1.82, 2.24) is 9.78 Å². The zero-order chi connectivity index (χ0) is 22.1. The SMILES string of the molecule is Cn1nc(C(=O)OCC(=O)Nc2ccc3c(c2)C(=O)c2ccccc2C3=O)ccc1=O. The highest BCUT2D eigenvalue weighted by Crippen LogP contribution is 2.29. The number of carbonyl (C=O) groups is 4. The fraction of sp³-hybridized carbons (Fsp3) is 0.0909. The van der Waals surface area contributed by atoms with Gasteiger partial charge in [0.1, 0.15) is 0 Å². The van der Waals surface area contributed by atoms with E-state index in [0.29, 0.717) is 11.1 Å². The smallest absolute Gasteiger partial charge is 0.359 e. The molecule has 1 aliphatic carbocycles. The second-order valence-electron chi connectivity index (χ2n) is 6.77. The quantitative estimate of drug-likeness (QED) is 0.497. The standard InChI is InChI=1S/C22H15N3O6/c1-25-19(27)9-8-17(24-25)22(30)31-11-18(26)23-12-6-7-15-16(10-12)21(29)14-5-3-2-4-13(14)20(15)28/h2-10H,11H2,1H3,(H,23,26). The monoisotopic (exact) mass is 417 g/mol. The molecule has 31 heavy (non-hydrogen) atoms. The first kappa shape index (κ1) is 19.9. The average molecular weight is 417 g/mol. The van der Waals surface area contributed by atoms with Crippen LogP contribution in [0.1, 0.15) is 42.3 Å². The number of ketones is 2. The Kier molecular flexibility index (Phi) is 5.00. The molecule has 1 amide bonds. The lowest BCUT2D eigenvalue weighted by Gasteiger charge is -2.18. The van der Waals surface area contributed by atoms with E-state index in [2.05, 4.69) is 10.4 Å². The molecular weight excluding hydrogens is 402 g/mol. The highest BCUT2D eigenvalue weighted by Gasteiger charge is 2.29. The molecule has 0 saturated heterocycles. The van der Waals surface area contributed by atoms with Crippen molar-refractivity contribution in [2.75, 3.05) is 11.9 Å². The van der Waals surface area contributed by atoms with Gasteiger partial charge in [-0.2, -0.15) is 5.10 Å². The molecule has 154 valence electrons. The topological polar surface area (TPSA) is 124 Å². The third kappa shape index (κ3) is 3.76. The van der Waals surface area contributed by atoms with Crippen molar-refractivity contribution < 1.29 is 23.9 Å². The van der Waals surface area contributed by atoms with Crippen molar-refractivity contribution in [3.8, 4) is 0 Å². The first-order valence-electron chi connectivity index (χ1n) is 9.19. The van der Waals surface area contributed by atoms with Crippen molar-refractivity contribution in [2.24, 2.45) is 7.05 Å². The molecule has 1 N–H and O–H groups in total. The Bertz CT molecular complexity index is 1320. The summed E-state index contributed by atoms with van der Waals surface area (Å²) in [6.07, 6.45) is 0. The summed E-state index contributed by atoms with van der Waals surface area (Å²) in [5, 5.41) is 6.27. The molecule has 9 nitrogen and oxygen atoms in total. The molecule has 0 saturated carbocycles. The Balaban J connectivity index is 1.45. The predicted molar refractivity (Wildman–Crippen MR) is 108 cm³/mol. The van der Waals surface area contributed by atoms with E-state index < -0.39 is 24.0 Å². The van der Waals surface area contributed by atoms with Crippen molar-refractivity contribution in [1.29, 1.82) is 0 Å². The van der Waals surface area contributed by atoms with Gasteiger partial charge in [0.2, 0.25) is 0 Å². The number of ether oxygens (including phenoxy) is 1. The minimum atomic E-state index is -0.867. The van der Waals surface area contributed by atoms with Gasteiger partial charge in [0.05, 0.1) is 0 Å². The van der Waals surface area contributed by atoms with Crippen LogP contribution < -0.4 is 10.9 Å². The number of fused-ring (bicyclic) bond motifs is 2. The van der Waals surface area contributed by atoms with Gasteiger partial charge in [-0.15, -0.1) is 0 Å². The van der Waals surface area contributed by atoms with Crippen molar-refractivity contribution in [3.63, 3.8) is 0 Å². The first-order valence-corrected chi connectivity index (χ1v) is 9.19. The van der Waals surface area contributed by atoms with E-state index in [1.165, 1.54) is 31.3 Å². The molecule has 0 unspecified atom stereocenters. The van der Waals surface area contributed by atoms with E-state index in [4.69, 9.17) is 4.74 Å². The molecule has 0 aliphatic heterocycles. The number of hydrogen-bond donors (Lipinski definition) is 1. The second-order valence-corrected chi connectivity index (χ2v) is 6.77. The van der Waals surface area contributed by atoms with Crippen LogP contribution >= 0.6 is 0 Å². The van der Waals surface area contributed by atoms with Gasteiger partial charge in [0, 0.05) is 41.1 Å². The summed E-state index contributed by atoms with van der Waals surface area (Å²) in [6, 6.07) is 13.3. The molecule has 1 aromatic heterocycles.